The quantitative estimate of drug-likeness (QED) is 0.909. The highest BCUT2D eigenvalue weighted by Crippen LogP contribution is 2.32. The Hall–Kier alpha value is -2.49. The van der Waals surface area contributed by atoms with Crippen molar-refractivity contribution in [1.29, 1.82) is 0 Å². The van der Waals surface area contributed by atoms with Crippen LogP contribution in [0.4, 0.5) is 11.4 Å². The van der Waals surface area contributed by atoms with Crippen molar-refractivity contribution < 1.29 is 4.79 Å². The molecule has 0 radical (unpaired) electrons. The van der Waals surface area contributed by atoms with Gasteiger partial charge in [-0.05, 0) is 31.2 Å². The van der Waals surface area contributed by atoms with Crippen LogP contribution < -0.4 is 15.5 Å². The zero-order chi connectivity index (χ0) is 14.8. The number of hydrogen-bond donors (Lipinski definition) is 2. The Labute approximate surface area is 124 Å². The number of para-hydroxylation sites is 2. The molecule has 2 aromatic rings. The maximum absolute atomic E-state index is 12.1. The van der Waals surface area contributed by atoms with E-state index in [0.717, 1.165) is 16.9 Å². The van der Waals surface area contributed by atoms with E-state index in [9.17, 15) is 4.79 Å². The summed E-state index contributed by atoms with van der Waals surface area (Å²) in [6.07, 6.45) is 0.0804. The maximum atomic E-state index is 12.1. The van der Waals surface area contributed by atoms with Gasteiger partial charge in [-0.2, -0.15) is 0 Å². The van der Waals surface area contributed by atoms with Crippen LogP contribution >= 0.6 is 0 Å². The molecule has 0 bridgehead atoms. The van der Waals surface area contributed by atoms with Crippen LogP contribution in [0.25, 0.3) is 0 Å². The van der Waals surface area contributed by atoms with Gasteiger partial charge in [-0.1, -0.05) is 29.8 Å². The van der Waals surface area contributed by atoms with Crippen LogP contribution in [-0.2, 0) is 0 Å². The highest BCUT2D eigenvalue weighted by Gasteiger charge is 2.25. The molecule has 1 unspecified atom stereocenters. The average Bonchev–Trinajstić information content (AvgIpc) is 2.82. The first-order valence-electron chi connectivity index (χ1n) is 7.08. The summed E-state index contributed by atoms with van der Waals surface area (Å²) in [5.41, 5.74) is 4.11. The van der Waals surface area contributed by atoms with Crippen LogP contribution in [0.15, 0.2) is 48.5 Å². The molecule has 2 N–H and O–H groups in total. The fourth-order valence-corrected chi connectivity index (χ4v) is 2.53. The Morgan fingerprint density at radius 3 is 2.62 bits per heavy atom. The van der Waals surface area contributed by atoms with Crippen molar-refractivity contribution in [3.63, 3.8) is 0 Å². The van der Waals surface area contributed by atoms with Gasteiger partial charge in [-0.25, -0.2) is 0 Å². The molecule has 1 amide bonds. The number of anilines is 2. The van der Waals surface area contributed by atoms with Crippen LogP contribution in [0, 0.1) is 6.92 Å². The topological polar surface area (TPSA) is 44.4 Å². The number of benzene rings is 2. The molecule has 21 heavy (non-hydrogen) atoms. The first-order valence-corrected chi connectivity index (χ1v) is 7.08. The van der Waals surface area contributed by atoms with Crippen molar-refractivity contribution >= 4 is 17.3 Å². The van der Waals surface area contributed by atoms with Crippen molar-refractivity contribution in [3.8, 4) is 0 Å². The summed E-state index contributed by atoms with van der Waals surface area (Å²) in [7, 11) is 2.03. The molecular formula is C17H19N3O. The van der Waals surface area contributed by atoms with E-state index in [1.807, 2.05) is 56.4 Å². The Morgan fingerprint density at radius 2 is 1.90 bits per heavy atom. The Morgan fingerprint density at radius 1 is 1.19 bits per heavy atom. The van der Waals surface area contributed by atoms with Crippen LogP contribution in [0.1, 0.15) is 15.9 Å². The largest absolute Gasteiger partial charge is 0.362 e. The molecule has 0 aromatic heterocycles. The van der Waals surface area contributed by atoms with E-state index < -0.39 is 0 Å². The summed E-state index contributed by atoms with van der Waals surface area (Å²) in [5.74, 6) is -0.0406. The Balaban J connectivity index is 1.62. The van der Waals surface area contributed by atoms with Gasteiger partial charge >= 0.3 is 0 Å². The van der Waals surface area contributed by atoms with E-state index in [1.54, 1.807) is 0 Å². The van der Waals surface area contributed by atoms with Gasteiger partial charge < -0.3 is 15.5 Å². The van der Waals surface area contributed by atoms with Crippen molar-refractivity contribution in [2.75, 3.05) is 23.8 Å². The van der Waals surface area contributed by atoms with Gasteiger partial charge in [-0.15, -0.1) is 0 Å². The van der Waals surface area contributed by atoms with Crippen LogP contribution in [0.3, 0.4) is 0 Å². The van der Waals surface area contributed by atoms with Crippen LogP contribution in [-0.4, -0.2) is 25.7 Å². The van der Waals surface area contributed by atoms with E-state index >= 15 is 0 Å². The number of fused-ring (bicyclic) bond motifs is 1. The van der Waals surface area contributed by atoms with Gasteiger partial charge in [0, 0.05) is 12.6 Å². The first kappa shape index (κ1) is 13.5. The molecule has 0 fully saturated rings. The van der Waals surface area contributed by atoms with E-state index in [0.29, 0.717) is 12.1 Å². The molecule has 4 heteroatoms. The van der Waals surface area contributed by atoms with Gasteiger partial charge in [0.25, 0.3) is 5.91 Å². The summed E-state index contributed by atoms with van der Waals surface area (Å²) < 4.78 is 0. The second-order valence-electron chi connectivity index (χ2n) is 5.36. The fourth-order valence-electron chi connectivity index (χ4n) is 2.53. The van der Waals surface area contributed by atoms with Crippen LogP contribution in [0.5, 0.6) is 0 Å². The fraction of sp³-hybridized carbons (Fsp3) is 0.235. The van der Waals surface area contributed by atoms with E-state index in [4.69, 9.17) is 0 Å². The number of amides is 1. The molecule has 0 saturated carbocycles. The zero-order valence-electron chi connectivity index (χ0n) is 12.3. The van der Waals surface area contributed by atoms with Gasteiger partial charge in [-0.3, -0.25) is 4.79 Å². The lowest BCUT2D eigenvalue weighted by atomic mass is 10.1. The lowest BCUT2D eigenvalue weighted by Gasteiger charge is -2.22. The van der Waals surface area contributed by atoms with Gasteiger partial charge in [0.2, 0.25) is 0 Å². The van der Waals surface area contributed by atoms with Gasteiger partial charge in [0.1, 0.15) is 6.17 Å². The summed E-state index contributed by atoms with van der Waals surface area (Å²) in [5, 5.41) is 6.39. The summed E-state index contributed by atoms with van der Waals surface area (Å²) in [6.45, 7) is 2.56. The number of nitrogens with zero attached hydrogens (tertiary/aromatic N) is 1. The Kier molecular flexibility index (Phi) is 3.52. The molecule has 3 rings (SSSR count). The van der Waals surface area contributed by atoms with Crippen molar-refractivity contribution in [2.24, 2.45) is 0 Å². The lowest BCUT2D eigenvalue weighted by Crippen LogP contribution is -2.43. The third kappa shape index (κ3) is 2.70. The minimum Gasteiger partial charge on any atom is -0.362 e. The standard InChI is InChI=1S/C17H19N3O/c1-12-7-9-13(10-8-12)17(21)18-11-16-19-14-5-3-4-6-15(14)20(16)2/h3-10,16,19H,11H2,1-2H3,(H,18,21). The predicted molar refractivity (Wildman–Crippen MR) is 85.8 cm³/mol. The van der Waals surface area contributed by atoms with Gasteiger partial charge in [0.15, 0.2) is 0 Å². The SMILES string of the molecule is Cc1ccc(C(=O)NCC2Nc3ccccc3N2C)cc1. The van der Waals surface area contributed by atoms with Crippen LogP contribution in [0.2, 0.25) is 0 Å². The lowest BCUT2D eigenvalue weighted by molar-refractivity contribution is 0.0952. The second kappa shape index (κ2) is 5.48. The number of rotatable bonds is 3. The molecule has 1 atom stereocenters. The molecule has 1 aliphatic rings. The van der Waals surface area contributed by atoms with E-state index in [-0.39, 0.29) is 12.1 Å². The van der Waals surface area contributed by atoms with E-state index in [2.05, 4.69) is 21.6 Å². The van der Waals surface area contributed by atoms with E-state index in [1.165, 1.54) is 0 Å². The highest BCUT2D eigenvalue weighted by molar-refractivity contribution is 5.94. The number of likely N-dealkylation sites (N-methyl/N-ethyl adjacent to an activating group) is 1. The Bertz CT molecular complexity index is 651. The average molecular weight is 281 g/mol. The molecule has 0 spiro atoms. The predicted octanol–water partition coefficient (Wildman–Crippen LogP) is 2.61. The summed E-state index contributed by atoms with van der Waals surface area (Å²) >= 11 is 0. The molecule has 4 nitrogen and oxygen atoms in total. The van der Waals surface area contributed by atoms with Gasteiger partial charge in [0.05, 0.1) is 17.9 Å². The maximum Gasteiger partial charge on any atom is 0.251 e. The molecule has 0 aliphatic carbocycles. The van der Waals surface area contributed by atoms with Crippen molar-refractivity contribution in [2.45, 2.75) is 13.1 Å². The molecule has 1 heterocycles. The monoisotopic (exact) mass is 281 g/mol. The molecular weight excluding hydrogens is 262 g/mol. The molecule has 108 valence electrons. The minimum atomic E-state index is -0.0406. The normalized spacial score (nSPS) is 16.3. The molecule has 2 aromatic carbocycles. The number of nitrogens with one attached hydrogen (secondary N) is 2. The summed E-state index contributed by atoms with van der Waals surface area (Å²) in [6, 6.07) is 15.8. The third-order valence-corrected chi connectivity index (χ3v) is 3.84. The number of carbonyl (C=O) groups is 1. The summed E-state index contributed by atoms with van der Waals surface area (Å²) in [4.78, 5) is 14.3. The van der Waals surface area contributed by atoms with Crippen molar-refractivity contribution in [3.05, 3.63) is 59.7 Å². The second-order valence-corrected chi connectivity index (χ2v) is 5.36. The van der Waals surface area contributed by atoms with Crippen molar-refractivity contribution in [1.82, 2.24) is 5.32 Å². The third-order valence-electron chi connectivity index (χ3n) is 3.84. The highest BCUT2D eigenvalue weighted by atomic mass is 16.1. The number of hydrogen-bond acceptors (Lipinski definition) is 3. The number of carbonyl (C=O) groups excluding carboxylic acids is 1. The minimum absolute atomic E-state index is 0.0406. The number of aryl methyl sites for hydroxylation is 1. The molecule has 0 saturated heterocycles. The zero-order valence-corrected chi connectivity index (χ0v) is 12.3. The smallest absolute Gasteiger partial charge is 0.251 e. The molecule has 1 aliphatic heterocycles. The first-order chi connectivity index (χ1) is 10.1.